The van der Waals surface area contributed by atoms with Gasteiger partial charge in [0.2, 0.25) is 21.7 Å². The van der Waals surface area contributed by atoms with E-state index >= 15 is 0 Å². The normalized spacial score (nSPS) is 15.1. The fraction of sp³-hybridized carbons (Fsp3) is 0.348. The highest BCUT2D eigenvalue weighted by Crippen LogP contribution is 2.38. The maximum Gasteiger partial charge on any atom is 0.246 e. The van der Waals surface area contributed by atoms with Gasteiger partial charge in [0, 0.05) is 32.3 Å². The van der Waals surface area contributed by atoms with Gasteiger partial charge < -0.3 is 19.1 Å². The van der Waals surface area contributed by atoms with Crippen molar-refractivity contribution >= 4 is 22.0 Å². The van der Waals surface area contributed by atoms with Crippen molar-refractivity contribution in [2.24, 2.45) is 0 Å². The van der Waals surface area contributed by atoms with Crippen molar-refractivity contribution < 1.29 is 27.4 Å². The first-order valence-corrected chi connectivity index (χ1v) is 11.6. The molecule has 1 saturated heterocycles. The van der Waals surface area contributed by atoms with Gasteiger partial charge in [0.15, 0.2) is 11.5 Å². The van der Waals surface area contributed by atoms with Crippen LogP contribution in [0.3, 0.4) is 0 Å². The van der Waals surface area contributed by atoms with E-state index < -0.39 is 10.0 Å². The van der Waals surface area contributed by atoms with Gasteiger partial charge in [-0.05, 0) is 42.8 Å². The van der Waals surface area contributed by atoms with Crippen LogP contribution in [0.25, 0.3) is 6.08 Å². The van der Waals surface area contributed by atoms with Crippen molar-refractivity contribution in [2.75, 3.05) is 47.5 Å². The highest BCUT2D eigenvalue weighted by atomic mass is 32.2. The summed E-state index contributed by atoms with van der Waals surface area (Å²) >= 11 is 0. The summed E-state index contributed by atoms with van der Waals surface area (Å²) in [4.78, 5) is 14.6. The van der Waals surface area contributed by atoms with E-state index in [9.17, 15) is 13.2 Å². The van der Waals surface area contributed by atoms with Crippen molar-refractivity contribution in [3.8, 4) is 17.2 Å². The topological polar surface area (TPSA) is 85.4 Å². The Morgan fingerprint density at radius 2 is 1.47 bits per heavy atom. The molecule has 0 radical (unpaired) electrons. The molecule has 172 valence electrons. The summed E-state index contributed by atoms with van der Waals surface area (Å²) in [5.74, 6) is 1.28. The lowest BCUT2D eigenvalue weighted by Crippen LogP contribution is -2.50. The lowest BCUT2D eigenvalue weighted by Gasteiger charge is -2.33. The third kappa shape index (κ3) is 5.05. The van der Waals surface area contributed by atoms with Crippen LogP contribution in [0.5, 0.6) is 17.2 Å². The number of sulfonamides is 1. The van der Waals surface area contributed by atoms with Crippen LogP contribution >= 0.6 is 0 Å². The molecule has 1 fully saturated rings. The Balaban J connectivity index is 1.66. The van der Waals surface area contributed by atoms with E-state index in [-0.39, 0.29) is 23.9 Å². The molecule has 1 amide bonds. The molecular formula is C23H28N2O6S. The van der Waals surface area contributed by atoms with E-state index in [4.69, 9.17) is 14.2 Å². The maximum atomic E-state index is 12.8. The predicted molar refractivity (Wildman–Crippen MR) is 122 cm³/mol. The van der Waals surface area contributed by atoms with E-state index in [1.165, 1.54) is 31.7 Å². The second-order valence-corrected chi connectivity index (χ2v) is 9.27. The number of methoxy groups -OCH3 is 3. The molecule has 0 bridgehead atoms. The number of nitrogens with zero attached hydrogens (tertiary/aromatic N) is 2. The van der Waals surface area contributed by atoms with Crippen LogP contribution < -0.4 is 14.2 Å². The average Bonchev–Trinajstić information content (AvgIpc) is 2.82. The van der Waals surface area contributed by atoms with Crippen LogP contribution in [0.1, 0.15) is 11.1 Å². The van der Waals surface area contributed by atoms with E-state index in [1.54, 1.807) is 47.4 Å². The van der Waals surface area contributed by atoms with Crippen molar-refractivity contribution in [1.29, 1.82) is 0 Å². The third-order valence-electron chi connectivity index (χ3n) is 5.31. The molecule has 2 aromatic rings. The Hall–Kier alpha value is -3.04. The number of carbonyl (C=O) groups excluding carboxylic acids is 1. The van der Waals surface area contributed by atoms with Crippen molar-refractivity contribution in [1.82, 2.24) is 9.21 Å². The smallest absolute Gasteiger partial charge is 0.246 e. The molecule has 0 unspecified atom stereocenters. The molecule has 0 saturated carbocycles. The van der Waals surface area contributed by atoms with Gasteiger partial charge in [0.05, 0.1) is 26.2 Å². The van der Waals surface area contributed by atoms with Crippen molar-refractivity contribution in [3.63, 3.8) is 0 Å². The summed E-state index contributed by atoms with van der Waals surface area (Å²) in [6, 6.07) is 10.3. The molecule has 0 spiro atoms. The van der Waals surface area contributed by atoms with Crippen LogP contribution in [0, 0.1) is 6.92 Å². The van der Waals surface area contributed by atoms with E-state index in [2.05, 4.69) is 0 Å². The molecule has 1 aliphatic heterocycles. The van der Waals surface area contributed by atoms with E-state index in [0.717, 1.165) is 5.56 Å². The Morgan fingerprint density at radius 1 is 0.906 bits per heavy atom. The van der Waals surface area contributed by atoms with Gasteiger partial charge in [-0.2, -0.15) is 4.31 Å². The first-order chi connectivity index (χ1) is 15.3. The van der Waals surface area contributed by atoms with Crippen LogP contribution in [-0.2, 0) is 14.8 Å². The number of hydrogen-bond acceptors (Lipinski definition) is 6. The van der Waals surface area contributed by atoms with Gasteiger partial charge in [-0.3, -0.25) is 4.79 Å². The first kappa shape index (κ1) is 23.6. The van der Waals surface area contributed by atoms with Crippen LogP contribution in [0.15, 0.2) is 47.4 Å². The van der Waals surface area contributed by atoms with Gasteiger partial charge in [0.1, 0.15) is 0 Å². The Kier molecular flexibility index (Phi) is 7.42. The molecule has 1 aliphatic rings. The standard InChI is InChI=1S/C23H28N2O6S/c1-17-5-8-19(9-6-17)32(27,28)25-13-11-24(12-14-25)22(26)10-7-18-15-20(29-2)23(31-4)21(16-18)30-3/h5-10,15-16H,11-14H2,1-4H3/b10-7+. The minimum Gasteiger partial charge on any atom is -0.493 e. The molecule has 1 heterocycles. The zero-order chi connectivity index (χ0) is 23.3. The molecule has 0 aliphatic carbocycles. The molecule has 3 rings (SSSR count). The van der Waals surface area contributed by atoms with Crippen molar-refractivity contribution in [2.45, 2.75) is 11.8 Å². The van der Waals surface area contributed by atoms with Gasteiger partial charge in [0.25, 0.3) is 0 Å². The summed E-state index contributed by atoms with van der Waals surface area (Å²) in [6.45, 7) is 3.05. The molecule has 0 atom stereocenters. The fourth-order valence-electron chi connectivity index (χ4n) is 3.48. The summed E-state index contributed by atoms with van der Waals surface area (Å²) in [5.41, 5.74) is 1.71. The SMILES string of the molecule is COc1cc(/C=C/C(=O)N2CCN(S(=O)(=O)c3ccc(C)cc3)CC2)cc(OC)c1OC. The summed E-state index contributed by atoms with van der Waals surface area (Å²) in [7, 11) is 1.01. The minimum atomic E-state index is -3.57. The first-order valence-electron chi connectivity index (χ1n) is 10.1. The number of benzene rings is 2. The number of rotatable bonds is 7. The molecule has 8 nitrogen and oxygen atoms in total. The average molecular weight is 461 g/mol. The van der Waals surface area contributed by atoms with Crippen LogP contribution in [-0.4, -0.2) is 71.0 Å². The Labute approximate surface area is 189 Å². The van der Waals surface area contributed by atoms with Crippen molar-refractivity contribution in [3.05, 3.63) is 53.6 Å². The highest BCUT2D eigenvalue weighted by Gasteiger charge is 2.29. The zero-order valence-corrected chi connectivity index (χ0v) is 19.5. The maximum absolute atomic E-state index is 12.8. The second kappa shape index (κ2) is 10.1. The Bertz CT molecular complexity index is 1060. The predicted octanol–water partition coefficient (Wildman–Crippen LogP) is 2.57. The van der Waals surface area contributed by atoms with E-state index in [0.29, 0.717) is 35.9 Å². The second-order valence-electron chi connectivity index (χ2n) is 7.33. The molecular weight excluding hydrogens is 432 g/mol. The van der Waals surface area contributed by atoms with Crippen LogP contribution in [0.2, 0.25) is 0 Å². The fourth-order valence-corrected chi connectivity index (χ4v) is 4.90. The number of aryl methyl sites for hydroxylation is 1. The molecule has 0 aromatic heterocycles. The number of piperazine rings is 1. The minimum absolute atomic E-state index is 0.189. The summed E-state index contributed by atoms with van der Waals surface area (Å²) in [5, 5.41) is 0. The molecule has 2 aromatic carbocycles. The van der Waals surface area contributed by atoms with Gasteiger partial charge >= 0.3 is 0 Å². The van der Waals surface area contributed by atoms with Gasteiger partial charge in [-0.1, -0.05) is 17.7 Å². The van der Waals surface area contributed by atoms with Crippen LogP contribution in [0.4, 0.5) is 0 Å². The number of hydrogen-bond donors (Lipinski definition) is 0. The number of amides is 1. The molecule has 32 heavy (non-hydrogen) atoms. The van der Waals surface area contributed by atoms with Gasteiger partial charge in [-0.25, -0.2) is 8.42 Å². The monoisotopic (exact) mass is 460 g/mol. The van der Waals surface area contributed by atoms with E-state index in [1.807, 2.05) is 6.92 Å². The molecule has 9 heteroatoms. The van der Waals surface area contributed by atoms with Gasteiger partial charge in [-0.15, -0.1) is 0 Å². The zero-order valence-electron chi connectivity index (χ0n) is 18.7. The Morgan fingerprint density at radius 3 is 1.97 bits per heavy atom. The summed E-state index contributed by atoms with van der Waals surface area (Å²) < 4.78 is 43.1. The quantitative estimate of drug-likeness (QED) is 0.591. The molecule has 0 N–H and O–H groups in total. The summed E-state index contributed by atoms with van der Waals surface area (Å²) in [6.07, 6.45) is 3.13. The number of ether oxygens (including phenoxy) is 3. The lowest BCUT2D eigenvalue weighted by molar-refractivity contribution is -0.127. The lowest BCUT2D eigenvalue weighted by atomic mass is 10.1. The largest absolute Gasteiger partial charge is 0.493 e. The highest BCUT2D eigenvalue weighted by molar-refractivity contribution is 7.89. The third-order valence-corrected chi connectivity index (χ3v) is 7.23. The number of carbonyl (C=O) groups is 1.